The Hall–Kier alpha value is -2.45. The van der Waals surface area contributed by atoms with Gasteiger partial charge in [0.2, 0.25) is 0 Å². The van der Waals surface area contributed by atoms with Crippen molar-refractivity contribution in [2.75, 3.05) is 0 Å². The first-order valence-corrected chi connectivity index (χ1v) is 8.05. The number of carbonyl (C=O) groups excluding carboxylic acids is 1. The molecule has 3 rings (SSSR count). The molecule has 1 aromatic carbocycles. The number of rotatable bonds is 4. The standard InChI is InChI=1S/C18H14BrN3O/c19-16-8-4-7-15(21-16)11-13(12-20)17(23)22-18(9-10-18)14-5-2-1-3-6-14/h1-8,11H,9-10H2,(H,22,23). The van der Waals surface area contributed by atoms with Crippen LogP contribution in [0, 0.1) is 11.3 Å². The first kappa shape index (κ1) is 15.4. The van der Waals surface area contributed by atoms with Crippen LogP contribution in [0.3, 0.4) is 0 Å². The number of pyridine rings is 1. The predicted molar refractivity (Wildman–Crippen MR) is 91.0 cm³/mol. The molecule has 1 aliphatic carbocycles. The summed E-state index contributed by atoms with van der Waals surface area (Å²) in [6.07, 6.45) is 3.27. The highest BCUT2D eigenvalue weighted by atomic mass is 79.9. The molecule has 114 valence electrons. The van der Waals surface area contributed by atoms with Crippen LogP contribution >= 0.6 is 15.9 Å². The summed E-state index contributed by atoms with van der Waals surface area (Å²) in [5.74, 6) is -0.365. The number of carbonyl (C=O) groups is 1. The van der Waals surface area contributed by atoms with Crippen LogP contribution in [0.2, 0.25) is 0 Å². The molecule has 23 heavy (non-hydrogen) atoms. The number of aromatic nitrogens is 1. The minimum atomic E-state index is -0.365. The Morgan fingerprint density at radius 2 is 1.96 bits per heavy atom. The molecule has 0 atom stereocenters. The molecule has 2 aromatic rings. The minimum absolute atomic E-state index is 0.0535. The molecule has 0 spiro atoms. The second kappa shape index (κ2) is 6.35. The van der Waals surface area contributed by atoms with Crippen molar-refractivity contribution < 1.29 is 4.79 Å². The number of nitrogens with one attached hydrogen (secondary N) is 1. The predicted octanol–water partition coefficient (Wildman–Crippen LogP) is 3.56. The Morgan fingerprint density at radius 1 is 1.22 bits per heavy atom. The van der Waals surface area contributed by atoms with E-state index in [0.717, 1.165) is 18.4 Å². The molecule has 0 aliphatic heterocycles. The zero-order valence-electron chi connectivity index (χ0n) is 12.3. The molecule has 0 unspecified atom stereocenters. The molecule has 0 saturated heterocycles. The van der Waals surface area contributed by atoms with E-state index in [1.165, 1.54) is 6.08 Å². The van der Waals surface area contributed by atoms with Gasteiger partial charge >= 0.3 is 0 Å². The summed E-state index contributed by atoms with van der Waals surface area (Å²) in [6.45, 7) is 0. The molecule has 1 amide bonds. The lowest BCUT2D eigenvalue weighted by Gasteiger charge is -2.17. The Labute approximate surface area is 143 Å². The SMILES string of the molecule is N#CC(=Cc1cccc(Br)n1)C(=O)NC1(c2ccccc2)CC1. The largest absolute Gasteiger partial charge is 0.342 e. The van der Waals surface area contributed by atoms with Crippen molar-refractivity contribution in [3.63, 3.8) is 0 Å². The molecule has 0 radical (unpaired) electrons. The van der Waals surface area contributed by atoms with Crippen molar-refractivity contribution in [3.05, 3.63) is 70.0 Å². The van der Waals surface area contributed by atoms with Gasteiger partial charge in [-0.1, -0.05) is 36.4 Å². The van der Waals surface area contributed by atoms with E-state index < -0.39 is 0 Å². The smallest absolute Gasteiger partial charge is 0.262 e. The highest BCUT2D eigenvalue weighted by Crippen LogP contribution is 2.45. The lowest BCUT2D eigenvalue weighted by atomic mass is 10.0. The molecule has 1 aromatic heterocycles. The van der Waals surface area contributed by atoms with Gasteiger partial charge in [0.1, 0.15) is 16.2 Å². The number of benzene rings is 1. The van der Waals surface area contributed by atoms with Gasteiger partial charge in [-0.3, -0.25) is 4.79 Å². The third-order valence-corrected chi connectivity index (χ3v) is 4.26. The third-order valence-electron chi connectivity index (χ3n) is 3.82. The molecule has 4 nitrogen and oxygen atoms in total. The fraction of sp³-hybridized carbons (Fsp3) is 0.167. The van der Waals surface area contributed by atoms with E-state index in [-0.39, 0.29) is 17.0 Å². The average molecular weight is 368 g/mol. The molecule has 1 N–H and O–H groups in total. The van der Waals surface area contributed by atoms with Crippen LogP contribution < -0.4 is 5.32 Å². The fourth-order valence-electron chi connectivity index (χ4n) is 2.45. The Kier molecular flexibility index (Phi) is 4.26. The third kappa shape index (κ3) is 3.49. The molecule has 1 aliphatic rings. The van der Waals surface area contributed by atoms with Crippen LogP contribution in [-0.4, -0.2) is 10.9 Å². The molecule has 0 bridgehead atoms. The van der Waals surface area contributed by atoms with Crippen LogP contribution in [0.5, 0.6) is 0 Å². The fourth-order valence-corrected chi connectivity index (χ4v) is 2.81. The van der Waals surface area contributed by atoms with Crippen molar-refractivity contribution >= 4 is 27.9 Å². The van der Waals surface area contributed by atoms with Crippen molar-refractivity contribution in [3.8, 4) is 6.07 Å². The van der Waals surface area contributed by atoms with Crippen molar-refractivity contribution in [2.45, 2.75) is 18.4 Å². The van der Waals surface area contributed by atoms with Crippen LogP contribution in [0.1, 0.15) is 24.1 Å². The number of nitrogens with zero attached hydrogens (tertiary/aromatic N) is 2. The van der Waals surface area contributed by atoms with Gasteiger partial charge in [-0.25, -0.2) is 4.98 Å². The number of nitriles is 1. The second-order valence-electron chi connectivity index (χ2n) is 5.46. The van der Waals surface area contributed by atoms with Crippen molar-refractivity contribution in [2.24, 2.45) is 0 Å². The summed E-state index contributed by atoms with van der Waals surface area (Å²) < 4.78 is 0.659. The van der Waals surface area contributed by atoms with Gasteiger partial charge in [0.25, 0.3) is 5.91 Å². The number of amides is 1. The summed E-state index contributed by atoms with van der Waals surface area (Å²) >= 11 is 3.28. The van der Waals surface area contributed by atoms with E-state index in [9.17, 15) is 10.1 Å². The summed E-state index contributed by atoms with van der Waals surface area (Å²) in [6, 6.07) is 17.2. The summed E-state index contributed by atoms with van der Waals surface area (Å²) in [7, 11) is 0. The zero-order valence-corrected chi connectivity index (χ0v) is 13.9. The topological polar surface area (TPSA) is 65.8 Å². The van der Waals surface area contributed by atoms with Crippen LogP contribution in [0.15, 0.2) is 58.7 Å². The van der Waals surface area contributed by atoms with Crippen LogP contribution in [-0.2, 0) is 10.3 Å². The first-order chi connectivity index (χ1) is 11.1. The van der Waals surface area contributed by atoms with E-state index in [0.29, 0.717) is 10.3 Å². The Bertz CT molecular complexity index is 805. The van der Waals surface area contributed by atoms with Gasteiger partial charge in [-0.2, -0.15) is 5.26 Å². The highest BCUT2D eigenvalue weighted by molar-refractivity contribution is 9.10. The van der Waals surface area contributed by atoms with Gasteiger partial charge in [-0.05, 0) is 52.5 Å². The molecular weight excluding hydrogens is 354 g/mol. The number of hydrogen-bond acceptors (Lipinski definition) is 3. The van der Waals surface area contributed by atoms with E-state index in [4.69, 9.17) is 0 Å². The van der Waals surface area contributed by atoms with Gasteiger partial charge in [0, 0.05) is 0 Å². The van der Waals surface area contributed by atoms with Gasteiger partial charge in [-0.15, -0.1) is 0 Å². The van der Waals surface area contributed by atoms with E-state index in [1.807, 2.05) is 42.5 Å². The minimum Gasteiger partial charge on any atom is -0.342 e. The molecule has 5 heteroatoms. The monoisotopic (exact) mass is 367 g/mol. The van der Waals surface area contributed by atoms with Gasteiger partial charge in [0.15, 0.2) is 0 Å². The zero-order chi connectivity index (χ0) is 16.3. The summed E-state index contributed by atoms with van der Waals surface area (Å²) in [5, 5.41) is 12.3. The van der Waals surface area contributed by atoms with Crippen LogP contribution in [0.4, 0.5) is 0 Å². The second-order valence-corrected chi connectivity index (χ2v) is 6.27. The number of halogens is 1. The first-order valence-electron chi connectivity index (χ1n) is 7.25. The normalized spacial score (nSPS) is 15.6. The average Bonchev–Trinajstić information content (AvgIpc) is 3.34. The van der Waals surface area contributed by atoms with Crippen LogP contribution in [0.25, 0.3) is 6.08 Å². The summed E-state index contributed by atoms with van der Waals surface area (Å²) in [5.41, 5.74) is 1.36. The molecular formula is C18H14BrN3O. The Morgan fingerprint density at radius 3 is 2.57 bits per heavy atom. The highest BCUT2D eigenvalue weighted by Gasteiger charge is 2.45. The number of hydrogen-bond donors (Lipinski definition) is 1. The van der Waals surface area contributed by atoms with E-state index in [1.54, 1.807) is 12.1 Å². The quantitative estimate of drug-likeness (QED) is 0.510. The summed E-state index contributed by atoms with van der Waals surface area (Å²) in [4.78, 5) is 16.7. The lowest BCUT2D eigenvalue weighted by Crippen LogP contribution is -2.35. The maximum Gasteiger partial charge on any atom is 0.262 e. The molecule has 1 fully saturated rings. The lowest BCUT2D eigenvalue weighted by molar-refractivity contribution is -0.118. The molecule has 1 heterocycles. The van der Waals surface area contributed by atoms with Crippen molar-refractivity contribution in [1.82, 2.24) is 10.3 Å². The van der Waals surface area contributed by atoms with E-state index in [2.05, 4.69) is 26.2 Å². The maximum atomic E-state index is 12.5. The van der Waals surface area contributed by atoms with Gasteiger partial charge < -0.3 is 5.32 Å². The van der Waals surface area contributed by atoms with Crippen molar-refractivity contribution in [1.29, 1.82) is 5.26 Å². The maximum absolute atomic E-state index is 12.5. The van der Waals surface area contributed by atoms with Gasteiger partial charge in [0.05, 0.1) is 11.2 Å². The Balaban J connectivity index is 1.81. The van der Waals surface area contributed by atoms with E-state index >= 15 is 0 Å². The molecule has 1 saturated carbocycles.